The van der Waals surface area contributed by atoms with Gasteiger partial charge in [-0.05, 0) is 29.8 Å². The molecule has 1 aliphatic rings. The Balaban J connectivity index is 1.87. The first-order chi connectivity index (χ1) is 14.8. The van der Waals surface area contributed by atoms with Gasteiger partial charge in [0.2, 0.25) is 0 Å². The van der Waals surface area contributed by atoms with E-state index < -0.39 is 29.3 Å². The number of nitrogens with zero attached hydrogens (tertiary/aromatic N) is 1. The van der Waals surface area contributed by atoms with E-state index in [0.717, 1.165) is 28.5 Å². The van der Waals surface area contributed by atoms with Gasteiger partial charge in [-0.1, -0.05) is 30.3 Å². The number of hydrogen-bond donors (Lipinski definition) is 1. The predicted octanol–water partition coefficient (Wildman–Crippen LogP) is 4.84. The van der Waals surface area contributed by atoms with Crippen LogP contribution < -0.4 is 10.3 Å². The van der Waals surface area contributed by atoms with Crippen molar-refractivity contribution < 1.29 is 27.8 Å². The second kappa shape index (κ2) is 8.14. The van der Waals surface area contributed by atoms with E-state index in [1.165, 1.54) is 18.2 Å². The minimum absolute atomic E-state index is 0.0586. The van der Waals surface area contributed by atoms with Gasteiger partial charge in [-0.25, -0.2) is 4.79 Å². The highest BCUT2D eigenvalue weighted by atomic mass is 32.2. The zero-order valence-electron chi connectivity index (χ0n) is 15.9. The molecular formula is C22H16F3NO4S. The number of fused-ring (bicyclic) bond motifs is 1. The summed E-state index contributed by atoms with van der Waals surface area (Å²) >= 11 is 1.13. The lowest BCUT2D eigenvalue weighted by Gasteiger charge is -2.18. The average molecular weight is 447 g/mol. The first kappa shape index (κ1) is 21.0. The van der Waals surface area contributed by atoms with Crippen molar-refractivity contribution in [1.29, 1.82) is 0 Å². The minimum atomic E-state index is -4.54. The van der Waals surface area contributed by atoms with E-state index in [9.17, 15) is 27.9 Å². The van der Waals surface area contributed by atoms with Gasteiger partial charge in [-0.3, -0.25) is 9.36 Å². The maximum absolute atomic E-state index is 13.3. The third-order valence-corrected chi connectivity index (χ3v) is 6.04. The van der Waals surface area contributed by atoms with Gasteiger partial charge in [0, 0.05) is 22.9 Å². The topological polar surface area (TPSA) is 68.5 Å². The number of aromatic nitrogens is 1. The lowest BCUT2D eigenvalue weighted by Crippen LogP contribution is -2.29. The van der Waals surface area contributed by atoms with Gasteiger partial charge < -0.3 is 9.84 Å². The van der Waals surface area contributed by atoms with E-state index >= 15 is 0 Å². The molecule has 1 aliphatic heterocycles. The van der Waals surface area contributed by atoms with E-state index in [1.807, 2.05) is 6.07 Å². The molecule has 5 nitrogen and oxygen atoms in total. The number of pyridine rings is 1. The summed E-state index contributed by atoms with van der Waals surface area (Å²) in [7, 11) is 0. The zero-order valence-corrected chi connectivity index (χ0v) is 16.7. The van der Waals surface area contributed by atoms with Crippen LogP contribution in [0.25, 0.3) is 11.1 Å². The van der Waals surface area contributed by atoms with Gasteiger partial charge in [0.25, 0.3) is 5.56 Å². The molecule has 160 valence electrons. The fourth-order valence-corrected chi connectivity index (χ4v) is 4.81. The lowest BCUT2D eigenvalue weighted by atomic mass is 9.99. The molecule has 1 N–H and O–H groups in total. The number of halogens is 3. The Bertz CT molecular complexity index is 1190. The molecule has 0 unspecified atom stereocenters. The number of hydrogen-bond acceptors (Lipinski definition) is 4. The van der Waals surface area contributed by atoms with E-state index in [1.54, 1.807) is 24.3 Å². The van der Waals surface area contributed by atoms with Crippen LogP contribution in [0.4, 0.5) is 13.2 Å². The quantitative estimate of drug-likeness (QED) is 0.606. The summed E-state index contributed by atoms with van der Waals surface area (Å²) in [6.45, 7) is -0.0586. The fraction of sp³-hybridized carbons (Fsp3) is 0.182. The molecule has 9 heteroatoms. The second-order valence-corrected chi connectivity index (χ2v) is 7.91. The molecule has 4 rings (SSSR count). The van der Waals surface area contributed by atoms with E-state index in [2.05, 4.69) is 0 Å². The molecule has 0 spiro atoms. The number of carbonyl (C=O) groups is 1. The molecule has 3 aromatic rings. The van der Waals surface area contributed by atoms with E-state index in [-0.39, 0.29) is 17.9 Å². The van der Waals surface area contributed by atoms with Gasteiger partial charge in [-0.2, -0.15) is 13.2 Å². The van der Waals surface area contributed by atoms with Crippen molar-refractivity contribution in [3.8, 4) is 16.9 Å². The second-order valence-electron chi connectivity index (χ2n) is 6.90. The first-order valence-corrected chi connectivity index (χ1v) is 10.2. The molecule has 1 aromatic heterocycles. The van der Waals surface area contributed by atoms with Crippen molar-refractivity contribution >= 4 is 17.7 Å². The van der Waals surface area contributed by atoms with Crippen LogP contribution >= 0.6 is 11.8 Å². The molecule has 0 aliphatic carbocycles. The largest absolute Gasteiger partial charge is 0.489 e. The van der Waals surface area contributed by atoms with Crippen molar-refractivity contribution in [3.05, 3.63) is 82.1 Å². The highest BCUT2D eigenvalue weighted by molar-refractivity contribution is 7.99. The number of aliphatic carboxylic acids is 1. The molecule has 0 saturated heterocycles. The van der Waals surface area contributed by atoms with Crippen LogP contribution in [-0.4, -0.2) is 21.4 Å². The molecule has 0 radical (unpaired) electrons. The number of carboxylic acid groups (broad SMARTS) is 1. The number of rotatable bonds is 5. The van der Waals surface area contributed by atoms with Crippen LogP contribution in [0, 0.1) is 0 Å². The standard InChI is InChI=1S/C22H16F3NO4S/c23-22(24,25)15-6-4-5-13(9-15)19-14(11-30-16-7-2-1-3-8-16)10-18(27)26-17(21(28)29)12-31-20(19)26/h1-10,17H,11-12H2,(H,28,29)/t17-/m0/s1. The van der Waals surface area contributed by atoms with Gasteiger partial charge in [0.1, 0.15) is 18.4 Å². The summed E-state index contributed by atoms with van der Waals surface area (Å²) in [5.41, 5.74) is -0.366. The summed E-state index contributed by atoms with van der Waals surface area (Å²) in [4.78, 5) is 24.3. The SMILES string of the molecule is O=C(O)[C@@H]1CSc2c(-c3cccc(C(F)(F)F)c3)c(COc3ccccc3)cc(=O)n21. The Morgan fingerprint density at radius 1 is 1.13 bits per heavy atom. The molecule has 0 fully saturated rings. The number of para-hydroxylation sites is 1. The molecule has 0 saturated carbocycles. The highest BCUT2D eigenvalue weighted by Gasteiger charge is 2.35. The maximum atomic E-state index is 13.3. The number of benzene rings is 2. The third kappa shape index (κ3) is 4.18. The Kier molecular flexibility index (Phi) is 5.53. The maximum Gasteiger partial charge on any atom is 0.416 e. The van der Waals surface area contributed by atoms with Crippen LogP contribution in [-0.2, 0) is 17.6 Å². The number of alkyl halides is 3. The molecule has 2 heterocycles. The Morgan fingerprint density at radius 2 is 1.87 bits per heavy atom. The summed E-state index contributed by atoms with van der Waals surface area (Å²) < 4.78 is 46.8. The number of thioether (sulfide) groups is 1. The highest BCUT2D eigenvalue weighted by Crippen LogP contribution is 2.42. The van der Waals surface area contributed by atoms with Crippen molar-refractivity contribution in [2.45, 2.75) is 23.9 Å². The van der Waals surface area contributed by atoms with Crippen LogP contribution in [0.15, 0.2) is 70.5 Å². The van der Waals surface area contributed by atoms with Crippen LogP contribution in [0.3, 0.4) is 0 Å². The zero-order chi connectivity index (χ0) is 22.2. The van der Waals surface area contributed by atoms with Crippen LogP contribution in [0.2, 0.25) is 0 Å². The van der Waals surface area contributed by atoms with E-state index in [0.29, 0.717) is 21.9 Å². The predicted molar refractivity (Wildman–Crippen MR) is 109 cm³/mol. The van der Waals surface area contributed by atoms with Crippen LogP contribution in [0.5, 0.6) is 5.75 Å². The molecule has 31 heavy (non-hydrogen) atoms. The fourth-order valence-electron chi connectivity index (χ4n) is 3.45. The number of carboxylic acids is 1. The number of ether oxygens (including phenoxy) is 1. The average Bonchev–Trinajstić information content (AvgIpc) is 3.18. The minimum Gasteiger partial charge on any atom is -0.489 e. The van der Waals surface area contributed by atoms with E-state index in [4.69, 9.17) is 4.74 Å². The summed E-state index contributed by atoms with van der Waals surface area (Å²) in [6.07, 6.45) is -4.54. The third-order valence-electron chi connectivity index (χ3n) is 4.88. The molecule has 0 bridgehead atoms. The molecule has 0 amide bonds. The van der Waals surface area contributed by atoms with Gasteiger partial charge in [0.15, 0.2) is 0 Å². The summed E-state index contributed by atoms with van der Waals surface area (Å²) in [5, 5.41) is 9.80. The first-order valence-electron chi connectivity index (χ1n) is 9.25. The Morgan fingerprint density at radius 3 is 2.55 bits per heavy atom. The van der Waals surface area contributed by atoms with Crippen LogP contribution in [0.1, 0.15) is 17.2 Å². The molecular weight excluding hydrogens is 431 g/mol. The van der Waals surface area contributed by atoms with Gasteiger partial charge in [0.05, 0.1) is 10.6 Å². The molecule has 1 atom stereocenters. The lowest BCUT2D eigenvalue weighted by molar-refractivity contribution is -0.140. The van der Waals surface area contributed by atoms with Crippen molar-refractivity contribution in [2.24, 2.45) is 0 Å². The Labute approximate surface area is 179 Å². The monoisotopic (exact) mass is 447 g/mol. The van der Waals surface area contributed by atoms with Crippen molar-refractivity contribution in [1.82, 2.24) is 4.57 Å². The van der Waals surface area contributed by atoms with Gasteiger partial charge >= 0.3 is 12.1 Å². The molecule has 2 aromatic carbocycles. The van der Waals surface area contributed by atoms with Gasteiger partial charge in [-0.15, -0.1) is 11.8 Å². The summed E-state index contributed by atoms with van der Waals surface area (Å²) in [5.74, 6) is -0.523. The smallest absolute Gasteiger partial charge is 0.416 e. The van der Waals surface area contributed by atoms with Crippen molar-refractivity contribution in [3.63, 3.8) is 0 Å². The Hall–Kier alpha value is -3.20. The normalized spacial score (nSPS) is 15.5. The summed E-state index contributed by atoms with van der Waals surface area (Å²) in [6, 6.07) is 13.7. The van der Waals surface area contributed by atoms with Crippen molar-refractivity contribution in [2.75, 3.05) is 5.75 Å².